The average molecular weight is 301 g/mol. The second kappa shape index (κ2) is 6.50. The van der Waals surface area contributed by atoms with Crippen molar-refractivity contribution in [3.8, 4) is 5.75 Å². The summed E-state index contributed by atoms with van der Waals surface area (Å²) in [5.41, 5.74) is 2.46. The SMILES string of the molecule is COCc1cnc2n1CCN(Cc1ccc(OC)cc1)C2C. The van der Waals surface area contributed by atoms with Gasteiger partial charge in [-0.05, 0) is 24.6 Å². The highest BCUT2D eigenvalue weighted by Crippen LogP contribution is 2.27. The van der Waals surface area contributed by atoms with E-state index in [4.69, 9.17) is 9.47 Å². The van der Waals surface area contributed by atoms with Gasteiger partial charge in [0, 0.05) is 26.7 Å². The Morgan fingerprint density at radius 3 is 2.64 bits per heavy atom. The van der Waals surface area contributed by atoms with Crippen LogP contribution in [-0.4, -0.2) is 35.2 Å². The van der Waals surface area contributed by atoms with Crippen molar-refractivity contribution in [1.82, 2.24) is 14.5 Å². The van der Waals surface area contributed by atoms with Gasteiger partial charge in [0.05, 0.1) is 31.6 Å². The van der Waals surface area contributed by atoms with Gasteiger partial charge in [-0.3, -0.25) is 4.90 Å². The van der Waals surface area contributed by atoms with Crippen LogP contribution in [0.25, 0.3) is 0 Å². The summed E-state index contributed by atoms with van der Waals surface area (Å²) in [6.45, 7) is 5.76. The molecule has 0 N–H and O–H groups in total. The van der Waals surface area contributed by atoms with Gasteiger partial charge in [0.2, 0.25) is 0 Å². The topological polar surface area (TPSA) is 39.5 Å². The molecule has 2 aromatic rings. The molecule has 0 aliphatic carbocycles. The van der Waals surface area contributed by atoms with Crippen molar-refractivity contribution in [2.45, 2.75) is 32.7 Å². The third kappa shape index (κ3) is 2.87. The van der Waals surface area contributed by atoms with Crippen molar-refractivity contribution < 1.29 is 9.47 Å². The average Bonchev–Trinajstić information content (AvgIpc) is 2.95. The molecule has 0 saturated carbocycles. The first-order valence-electron chi connectivity index (χ1n) is 7.63. The van der Waals surface area contributed by atoms with Crippen molar-refractivity contribution in [2.75, 3.05) is 20.8 Å². The summed E-state index contributed by atoms with van der Waals surface area (Å²) in [5, 5.41) is 0. The number of methoxy groups -OCH3 is 2. The van der Waals surface area contributed by atoms with E-state index in [1.807, 2.05) is 18.3 Å². The summed E-state index contributed by atoms with van der Waals surface area (Å²) in [7, 11) is 3.42. The Morgan fingerprint density at radius 1 is 1.18 bits per heavy atom. The molecule has 0 fully saturated rings. The van der Waals surface area contributed by atoms with Crippen LogP contribution in [0.4, 0.5) is 0 Å². The molecular weight excluding hydrogens is 278 g/mol. The number of fused-ring (bicyclic) bond motifs is 1. The first kappa shape index (κ1) is 15.1. The van der Waals surface area contributed by atoms with Crippen molar-refractivity contribution >= 4 is 0 Å². The second-order valence-corrected chi connectivity index (χ2v) is 5.69. The maximum Gasteiger partial charge on any atom is 0.126 e. The van der Waals surface area contributed by atoms with Crippen LogP contribution >= 0.6 is 0 Å². The number of ether oxygens (including phenoxy) is 2. The van der Waals surface area contributed by atoms with Crippen LogP contribution in [0.3, 0.4) is 0 Å². The summed E-state index contributed by atoms with van der Waals surface area (Å²) in [4.78, 5) is 7.06. The van der Waals surface area contributed by atoms with Gasteiger partial charge in [-0.25, -0.2) is 4.98 Å². The van der Waals surface area contributed by atoms with E-state index < -0.39 is 0 Å². The lowest BCUT2D eigenvalue weighted by molar-refractivity contribution is 0.143. The molecule has 22 heavy (non-hydrogen) atoms. The lowest BCUT2D eigenvalue weighted by atomic mass is 10.1. The molecule has 1 aromatic carbocycles. The highest BCUT2D eigenvalue weighted by atomic mass is 16.5. The van der Waals surface area contributed by atoms with Gasteiger partial charge in [0.25, 0.3) is 0 Å². The van der Waals surface area contributed by atoms with Gasteiger partial charge in [-0.1, -0.05) is 12.1 Å². The Labute approximate surface area is 131 Å². The molecule has 5 nitrogen and oxygen atoms in total. The van der Waals surface area contributed by atoms with Crippen molar-refractivity contribution in [3.63, 3.8) is 0 Å². The molecule has 0 amide bonds. The molecular formula is C17H23N3O2. The van der Waals surface area contributed by atoms with Crippen LogP contribution in [0.15, 0.2) is 30.5 Å². The molecule has 0 bridgehead atoms. The van der Waals surface area contributed by atoms with Crippen LogP contribution < -0.4 is 4.74 Å². The number of imidazole rings is 1. The fourth-order valence-corrected chi connectivity index (χ4v) is 3.05. The molecule has 5 heteroatoms. The maximum absolute atomic E-state index is 5.25. The predicted octanol–water partition coefficient (Wildman–Crippen LogP) is 2.61. The van der Waals surface area contributed by atoms with Crippen molar-refractivity contribution in [1.29, 1.82) is 0 Å². The molecule has 0 radical (unpaired) electrons. The van der Waals surface area contributed by atoms with Gasteiger partial charge in [-0.2, -0.15) is 0 Å². The van der Waals surface area contributed by atoms with Crippen LogP contribution in [0.1, 0.15) is 30.0 Å². The van der Waals surface area contributed by atoms with E-state index in [1.54, 1.807) is 14.2 Å². The van der Waals surface area contributed by atoms with Crippen LogP contribution in [0, 0.1) is 0 Å². The quantitative estimate of drug-likeness (QED) is 0.851. The van der Waals surface area contributed by atoms with E-state index in [9.17, 15) is 0 Å². The lowest BCUT2D eigenvalue weighted by Crippen LogP contribution is -2.37. The molecule has 1 unspecified atom stereocenters. The summed E-state index contributed by atoms with van der Waals surface area (Å²) >= 11 is 0. The van der Waals surface area contributed by atoms with E-state index in [0.29, 0.717) is 12.6 Å². The third-order valence-corrected chi connectivity index (χ3v) is 4.34. The molecule has 3 rings (SSSR count). The van der Waals surface area contributed by atoms with E-state index in [-0.39, 0.29) is 0 Å². The Morgan fingerprint density at radius 2 is 1.95 bits per heavy atom. The van der Waals surface area contributed by atoms with E-state index >= 15 is 0 Å². The van der Waals surface area contributed by atoms with E-state index in [0.717, 1.165) is 36.9 Å². The summed E-state index contributed by atoms with van der Waals surface area (Å²) in [6, 6.07) is 8.59. The van der Waals surface area contributed by atoms with Crippen LogP contribution in [-0.2, 0) is 24.4 Å². The Kier molecular flexibility index (Phi) is 4.45. The minimum atomic E-state index is 0.307. The van der Waals surface area contributed by atoms with Gasteiger partial charge in [0.1, 0.15) is 11.6 Å². The second-order valence-electron chi connectivity index (χ2n) is 5.69. The lowest BCUT2D eigenvalue weighted by Gasteiger charge is -2.34. The van der Waals surface area contributed by atoms with Gasteiger partial charge in [-0.15, -0.1) is 0 Å². The number of benzene rings is 1. The zero-order chi connectivity index (χ0) is 15.5. The Bertz CT molecular complexity index is 621. The number of hydrogen-bond donors (Lipinski definition) is 0. The fraction of sp³-hybridized carbons (Fsp3) is 0.471. The molecule has 1 aliphatic heterocycles. The highest BCUT2D eigenvalue weighted by Gasteiger charge is 2.26. The number of hydrogen-bond acceptors (Lipinski definition) is 4. The molecule has 1 atom stereocenters. The minimum Gasteiger partial charge on any atom is -0.497 e. The standard InChI is InChI=1S/C17H23N3O2/c1-13-17-18-10-15(12-21-2)20(17)9-8-19(13)11-14-4-6-16(22-3)7-5-14/h4-7,10,13H,8-9,11-12H2,1-3H3. The van der Waals surface area contributed by atoms with E-state index in [2.05, 4.69) is 33.5 Å². The zero-order valence-electron chi connectivity index (χ0n) is 13.5. The van der Waals surface area contributed by atoms with Crippen molar-refractivity contribution in [2.24, 2.45) is 0 Å². The highest BCUT2D eigenvalue weighted by molar-refractivity contribution is 5.27. The predicted molar refractivity (Wildman–Crippen MR) is 84.8 cm³/mol. The number of aromatic nitrogens is 2. The maximum atomic E-state index is 5.25. The normalized spacial score (nSPS) is 18.2. The van der Waals surface area contributed by atoms with Crippen LogP contribution in [0.2, 0.25) is 0 Å². The largest absolute Gasteiger partial charge is 0.497 e. The first-order valence-corrected chi connectivity index (χ1v) is 7.63. The third-order valence-electron chi connectivity index (χ3n) is 4.34. The van der Waals surface area contributed by atoms with E-state index in [1.165, 1.54) is 5.56 Å². The molecule has 1 aromatic heterocycles. The summed E-state index contributed by atoms with van der Waals surface area (Å²) < 4.78 is 12.7. The fourth-order valence-electron chi connectivity index (χ4n) is 3.05. The molecule has 0 spiro atoms. The minimum absolute atomic E-state index is 0.307. The Balaban J connectivity index is 1.73. The monoisotopic (exact) mass is 301 g/mol. The number of rotatable bonds is 5. The Hall–Kier alpha value is -1.85. The summed E-state index contributed by atoms with van der Waals surface area (Å²) in [6.07, 6.45) is 1.94. The number of nitrogens with zero attached hydrogens (tertiary/aromatic N) is 3. The summed E-state index contributed by atoms with van der Waals surface area (Å²) in [5.74, 6) is 2.03. The first-order chi connectivity index (χ1) is 10.7. The molecule has 0 saturated heterocycles. The van der Waals surface area contributed by atoms with Crippen LogP contribution in [0.5, 0.6) is 5.75 Å². The molecule has 2 heterocycles. The van der Waals surface area contributed by atoms with Gasteiger partial charge >= 0.3 is 0 Å². The zero-order valence-corrected chi connectivity index (χ0v) is 13.5. The smallest absolute Gasteiger partial charge is 0.126 e. The van der Waals surface area contributed by atoms with Gasteiger partial charge < -0.3 is 14.0 Å². The molecule has 1 aliphatic rings. The molecule has 118 valence electrons. The van der Waals surface area contributed by atoms with Gasteiger partial charge in [0.15, 0.2) is 0 Å². The van der Waals surface area contributed by atoms with Crippen molar-refractivity contribution in [3.05, 3.63) is 47.5 Å².